The van der Waals surface area contributed by atoms with Crippen LogP contribution in [0.5, 0.6) is 0 Å². The first-order chi connectivity index (χ1) is 8.65. The van der Waals surface area contributed by atoms with Crippen molar-refractivity contribution in [2.45, 2.75) is 32.2 Å². The summed E-state index contributed by atoms with van der Waals surface area (Å²) >= 11 is 0. The van der Waals surface area contributed by atoms with Crippen molar-refractivity contribution < 1.29 is 9.59 Å². The Hall–Kier alpha value is -1.68. The first kappa shape index (κ1) is 12.8. The highest BCUT2D eigenvalue weighted by atomic mass is 16.2. The summed E-state index contributed by atoms with van der Waals surface area (Å²) in [5.74, 6) is -0.440. The molecular weight excluding hydrogens is 228 g/mol. The third kappa shape index (κ3) is 2.29. The lowest BCUT2D eigenvalue weighted by molar-refractivity contribution is 0.0643. The number of rotatable bonds is 5. The molecule has 0 spiro atoms. The van der Waals surface area contributed by atoms with Crippen LogP contribution in [0, 0.1) is 0 Å². The number of carbonyl (C=O) groups excluding carboxylic acids is 2. The van der Waals surface area contributed by atoms with E-state index in [1.165, 1.54) is 4.90 Å². The average molecular weight is 246 g/mol. The molecule has 0 fully saturated rings. The van der Waals surface area contributed by atoms with E-state index in [9.17, 15) is 9.59 Å². The van der Waals surface area contributed by atoms with Gasteiger partial charge in [-0.3, -0.25) is 14.5 Å². The van der Waals surface area contributed by atoms with Crippen LogP contribution in [0.4, 0.5) is 0 Å². The molecule has 1 atom stereocenters. The minimum absolute atomic E-state index is 0.132. The van der Waals surface area contributed by atoms with Gasteiger partial charge in [-0.25, -0.2) is 0 Å². The van der Waals surface area contributed by atoms with Gasteiger partial charge in [-0.15, -0.1) is 0 Å². The van der Waals surface area contributed by atoms with Gasteiger partial charge in [-0.2, -0.15) is 0 Å². The van der Waals surface area contributed by atoms with Crippen molar-refractivity contribution in [1.82, 2.24) is 4.90 Å². The molecular formula is C14H18N2O2. The predicted molar refractivity (Wildman–Crippen MR) is 69.3 cm³/mol. The quantitative estimate of drug-likeness (QED) is 0.806. The van der Waals surface area contributed by atoms with Gasteiger partial charge in [0.2, 0.25) is 0 Å². The highest BCUT2D eigenvalue weighted by Crippen LogP contribution is 2.22. The summed E-state index contributed by atoms with van der Waals surface area (Å²) in [5.41, 5.74) is 6.93. The standard InChI is InChI=1S/C14H18N2O2/c1-2-3-6-10(15)9-16-13(17)11-7-4-5-8-12(11)14(16)18/h4-5,7-8,10H,2-3,6,9,15H2,1H3. The number of hydrogen-bond acceptors (Lipinski definition) is 3. The molecule has 0 aromatic heterocycles. The number of fused-ring (bicyclic) bond motifs is 1. The van der Waals surface area contributed by atoms with Crippen LogP contribution in [-0.2, 0) is 0 Å². The van der Waals surface area contributed by atoms with Gasteiger partial charge in [-0.05, 0) is 18.6 Å². The fraction of sp³-hybridized carbons (Fsp3) is 0.429. The Bertz CT molecular complexity index is 436. The minimum Gasteiger partial charge on any atom is -0.326 e. The monoisotopic (exact) mass is 246 g/mol. The Kier molecular flexibility index (Phi) is 3.77. The van der Waals surface area contributed by atoms with Crippen LogP contribution < -0.4 is 5.73 Å². The van der Waals surface area contributed by atoms with E-state index in [1.54, 1.807) is 24.3 Å². The van der Waals surface area contributed by atoms with Crippen LogP contribution in [0.2, 0.25) is 0 Å². The number of imide groups is 1. The maximum absolute atomic E-state index is 12.1. The van der Waals surface area contributed by atoms with Crippen LogP contribution in [-0.4, -0.2) is 29.3 Å². The second kappa shape index (κ2) is 5.31. The van der Waals surface area contributed by atoms with Gasteiger partial charge >= 0.3 is 0 Å². The third-order valence-electron chi connectivity index (χ3n) is 3.22. The van der Waals surface area contributed by atoms with E-state index in [1.807, 2.05) is 0 Å². The zero-order valence-electron chi connectivity index (χ0n) is 10.6. The van der Waals surface area contributed by atoms with Crippen molar-refractivity contribution in [3.63, 3.8) is 0 Å². The Morgan fingerprint density at radius 1 is 1.17 bits per heavy atom. The molecule has 0 radical (unpaired) electrons. The molecule has 2 N–H and O–H groups in total. The SMILES string of the molecule is CCCCC(N)CN1C(=O)c2ccccc2C1=O. The molecule has 2 rings (SSSR count). The van der Waals surface area contributed by atoms with Crippen LogP contribution in [0.25, 0.3) is 0 Å². The average Bonchev–Trinajstić information content (AvgIpc) is 2.62. The van der Waals surface area contributed by atoms with Crippen LogP contribution in [0.3, 0.4) is 0 Å². The van der Waals surface area contributed by atoms with Gasteiger partial charge in [0.1, 0.15) is 0 Å². The predicted octanol–water partition coefficient (Wildman–Crippen LogP) is 1.80. The van der Waals surface area contributed by atoms with Crippen molar-refractivity contribution in [3.8, 4) is 0 Å². The lowest BCUT2D eigenvalue weighted by atomic mass is 10.1. The van der Waals surface area contributed by atoms with Gasteiger partial charge in [0.25, 0.3) is 11.8 Å². The summed E-state index contributed by atoms with van der Waals surface area (Å²) in [6.45, 7) is 2.40. The van der Waals surface area contributed by atoms with E-state index >= 15 is 0 Å². The molecule has 2 amide bonds. The van der Waals surface area contributed by atoms with Crippen molar-refractivity contribution in [2.75, 3.05) is 6.54 Å². The molecule has 0 saturated carbocycles. The van der Waals surface area contributed by atoms with Crippen molar-refractivity contribution in [3.05, 3.63) is 35.4 Å². The highest BCUT2D eigenvalue weighted by molar-refractivity contribution is 6.21. The Labute approximate surface area is 107 Å². The number of amides is 2. The van der Waals surface area contributed by atoms with E-state index < -0.39 is 0 Å². The molecule has 18 heavy (non-hydrogen) atoms. The van der Waals surface area contributed by atoms with Gasteiger partial charge in [0.05, 0.1) is 11.1 Å². The normalized spacial score (nSPS) is 16.0. The molecule has 4 nitrogen and oxygen atoms in total. The fourth-order valence-electron chi connectivity index (χ4n) is 2.20. The summed E-state index contributed by atoms with van der Waals surface area (Å²) < 4.78 is 0. The van der Waals surface area contributed by atoms with Crippen LogP contribution >= 0.6 is 0 Å². The number of nitrogens with two attached hydrogens (primary N) is 1. The van der Waals surface area contributed by atoms with Gasteiger partial charge in [-0.1, -0.05) is 31.9 Å². The van der Waals surface area contributed by atoms with E-state index in [2.05, 4.69) is 6.92 Å². The van der Waals surface area contributed by atoms with E-state index in [4.69, 9.17) is 5.73 Å². The molecule has 1 aliphatic heterocycles. The van der Waals surface area contributed by atoms with Crippen molar-refractivity contribution in [2.24, 2.45) is 5.73 Å². The van der Waals surface area contributed by atoms with E-state index in [0.29, 0.717) is 17.7 Å². The van der Waals surface area contributed by atoms with Gasteiger partial charge in [0, 0.05) is 12.6 Å². The summed E-state index contributed by atoms with van der Waals surface area (Å²) in [4.78, 5) is 25.4. The Balaban J connectivity index is 2.09. The van der Waals surface area contributed by atoms with Gasteiger partial charge in [0.15, 0.2) is 0 Å². The van der Waals surface area contributed by atoms with Crippen molar-refractivity contribution >= 4 is 11.8 Å². The third-order valence-corrected chi connectivity index (χ3v) is 3.22. The molecule has 1 aliphatic rings. The van der Waals surface area contributed by atoms with E-state index in [-0.39, 0.29) is 17.9 Å². The molecule has 0 bridgehead atoms. The highest BCUT2D eigenvalue weighted by Gasteiger charge is 2.35. The molecule has 4 heteroatoms. The molecule has 96 valence electrons. The zero-order chi connectivity index (χ0) is 13.1. The smallest absolute Gasteiger partial charge is 0.261 e. The lowest BCUT2D eigenvalue weighted by Crippen LogP contribution is -2.40. The zero-order valence-corrected chi connectivity index (χ0v) is 10.6. The number of nitrogens with zero attached hydrogens (tertiary/aromatic N) is 1. The maximum Gasteiger partial charge on any atom is 0.261 e. The number of hydrogen-bond donors (Lipinski definition) is 1. The largest absolute Gasteiger partial charge is 0.326 e. The fourth-order valence-corrected chi connectivity index (χ4v) is 2.20. The molecule has 1 aromatic rings. The van der Waals surface area contributed by atoms with Crippen LogP contribution in [0.1, 0.15) is 46.9 Å². The number of unbranched alkanes of at least 4 members (excludes halogenated alkanes) is 1. The van der Waals surface area contributed by atoms with E-state index in [0.717, 1.165) is 19.3 Å². The number of carbonyl (C=O) groups is 2. The Morgan fingerprint density at radius 2 is 1.72 bits per heavy atom. The van der Waals surface area contributed by atoms with Crippen molar-refractivity contribution in [1.29, 1.82) is 0 Å². The Morgan fingerprint density at radius 3 is 2.22 bits per heavy atom. The molecule has 1 unspecified atom stereocenters. The molecule has 1 heterocycles. The maximum atomic E-state index is 12.1. The molecule has 0 aliphatic carbocycles. The van der Waals surface area contributed by atoms with Gasteiger partial charge < -0.3 is 5.73 Å². The second-order valence-electron chi connectivity index (χ2n) is 4.67. The van der Waals surface area contributed by atoms with Crippen LogP contribution in [0.15, 0.2) is 24.3 Å². The number of benzene rings is 1. The summed E-state index contributed by atoms with van der Waals surface area (Å²) in [5, 5.41) is 0. The second-order valence-corrected chi connectivity index (χ2v) is 4.67. The summed E-state index contributed by atoms with van der Waals surface area (Å²) in [7, 11) is 0. The topological polar surface area (TPSA) is 63.4 Å². The lowest BCUT2D eigenvalue weighted by Gasteiger charge is -2.18. The summed E-state index contributed by atoms with van der Waals surface area (Å²) in [6.07, 6.45) is 2.92. The first-order valence-electron chi connectivity index (χ1n) is 6.36. The molecule has 1 aromatic carbocycles. The molecule has 0 saturated heterocycles. The summed E-state index contributed by atoms with van der Waals surface area (Å²) in [6, 6.07) is 6.78. The first-order valence-corrected chi connectivity index (χ1v) is 6.36. The minimum atomic E-state index is -0.220.